The molecule has 1 saturated heterocycles. The van der Waals surface area contributed by atoms with Crippen molar-refractivity contribution in [2.24, 2.45) is 5.92 Å². The van der Waals surface area contributed by atoms with Crippen molar-refractivity contribution in [2.45, 2.75) is 38.1 Å². The first-order valence-corrected chi connectivity index (χ1v) is 5.22. The fraction of sp³-hybridized carbons (Fsp3) is 0.800. The highest BCUT2D eigenvalue weighted by atomic mass is 16.4. The normalized spacial score (nSPS) is 32.6. The molecule has 2 fully saturated rings. The number of likely N-dealkylation sites (tertiary alicyclic amines) is 1. The van der Waals surface area contributed by atoms with Gasteiger partial charge in [0.15, 0.2) is 5.78 Å². The standard InChI is InChI=1S/C10H15NO3/c12-8-5-1-3-7-4-2-6-11(9(7)8)10(13)14/h7,9H,1-6H2,(H,13,14)/t7-,9+/m1/s1. The number of carboxylic acid groups (broad SMARTS) is 1. The second-order valence-electron chi connectivity index (χ2n) is 4.18. The molecule has 0 unspecified atom stereocenters. The van der Waals surface area contributed by atoms with Crippen LogP contribution in [0.25, 0.3) is 0 Å². The molecule has 0 aromatic rings. The zero-order valence-electron chi connectivity index (χ0n) is 8.11. The van der Waals surface area contributed by atoms with E-state index >= 15 is 0 Å². The van der Waals surface area contributed by atoms with Crippen molar-refractivity contribution in [3.8, 4) is 0 Å². The molecule has 0 radical (unpaired) electrons. The number of carbonyl (C=O) groups is 2. The molecule has 78 valence electrons. The molecule has 4 heteroatoms. The molecule has 1 amide bonds. The Bertz CT molecular complexity index is 262. The lowest BCUT2D eigenvalue weighted by Crippen LogP contribution is -2.53. The van der Waals surface area contributed by atoms with Gasteiger partial charge in [-0.25, -0.2) is 4.79 Å². The number of rotatable bonds is 0. The van der Waals surface area contributed by atoms with Crippen molar-refractivity contribution < 1.29 is 14.7 Å². The predicted molar refractivity (Wildman–Crippen MR) is 50.1 cm³/mol. The van der Waals surface area contributed by atoms with E-state index in [4.69, 9.17) is 5.11 Å². The van der Waals surface area contributed by atoms with Crippen molar-refractivity contribution >= 4 is 11.9 Å². The zero-order chi connectivity index (χ0) is 10.1. The fourth-order valence-electron chi connectivity index (χ4n) is 2.72. The van der Waals surface area contributed by atoms with Gasteiger partial charge in [0.1, 0.15) is 0 Å². The molecule has 1 heterocycles. The van der Waals surface area contributed by atoms with E-state index < -0.39 is 6.09 Å². The minimum absolute atomic E-state index is 0.128. The van der Waals surface area contributed by atoms with E-state index in [1.807, 2.05) is 0 Å². The third-order valence-corrected chi connectivity index (χ3v) is 3.33. The summed E-state index contributed by atoms with van der Waals surface area (Å²) in [6, 6.07) is -0.324. The van der Waals surface area contributed by atoms with E-state index in [1.165, 1.54) is 4.90 Å². The van der Waals surface area contributed by atoms with E-state index in [2.05, 4.69) is 0 Å². The van der Waals surface area contributed by atoms with Crippen LogP contribution in [-0.2, 0) is 4.79 Å². The Morgan fingerprint density at radius 2 is 2.07 bits per heavy atom. The Morgan fingerprint density at radius 3 is 2.79 bits per heavy atom. The molecule has 4 nitrogen and oxygen atoms in total. The quantitative estimate of drug-likeness (QED) is 0.640. The molecule has 1 N–H and O–H groups in total. The molecular weight excluding hydrogens is 182 g/mol. The van der Waals surface area contributed by atoms with Crippen LogP contribution >= 0.6 is 0 Å². The summed E-state index contributed by atoms with van der Waals surface area (Å²) in [6.07, 6.45) is 3.49. The number of ketones is 1. The van der Waals surface area contributed by atoms with Gasteiger partial charge >= 0.3 is 6.09 Å². The maximum Gasteiger partial charge on any atom is 0.407 e. The number of piperidine rings is 1. The van der Waals surface area contributed by atoms with Gasteiger partial charge in [0, 0.05) is 13.0 Å². The maximum absolute atomic E-state index is 11.6. The van der Waals surface area contributed by atoms with Gasteiger partial charge in [-0.3, -0.25) is 9.69 Å². The van der Waals surface area contributed by atoms with E-state index in [-0.39, 0.29) is 11.8 Å². The smallest absolute Gasteiger partial charge is 0.407 e. The largest absolute Gasteiger partial charge is 0.465 e. The van der Waals surface area contributed by atoms with Gasteiger partial charge in [-0.1, -0.05) is 0 Å². The zero-order valence-corrected chi connectivity index (χ0v) is 8.11. The van der Waals surface area contributed by atoms with Crippen LogP contribution in [0.5, 0.6) is 0 Å². The van der Waals surface area contributed by atoms with Crippen molar-refractivity contribution in [1.82, 2.24) is 4.90 Å². The number of hydrogen-bond donors (Lipinski definition) is 1. The average molecular weight is 197 g/mol. The summed E-state index contributed by atoms with van der Waals surface area (Å²) in [6.45, 7) is 0.530. The summed E-state index contributed by atoms with van der Waals surface area (Å²) in [4.78, 5) is 23.9. The number of nitrogens with zero attached hydrogens (tertiary/aromatic N) is 1. The van der Waals surface area contributed by atoms with Crippen molar-refractivity contribution in [3.05, 3.63) is 0 Å². The third kappa shape index (κ3) is 1.49. The lowest BCUT2D eigenvalue weighted by atomic mass is 9.78. The van der Waals surface area contributed by atoms with E-state index in [0.717, 1.165) is 25.7 Å². The van der Waals surface area contributed by atoms with Gasteiger partial charge < -0.3 is 5.11 Å². The Labute approximate surface area is 82.9 Å². The minimum atomic E-state index is -0.935. The molecular formula is C10H15NO3. The maximum atomic E-state index is 11.6. The number of hydrogen-bond acceptors (Lipinski definition) is 2. The molecule has 1 saturated carbocycles. The lowest BCUT2D eigenvalue weighted by molar-refractivity contribution is -0.129. The Morgan fingerprint density at radius 1 is 1.36 bits per heavy atom. The molecule has 0 aromatic heterocycles. The Balaban J connectivity index is 2.18. The van der Waals surface area contributed by atoms with Crippen LogP contribution in [0, 0.1) is 5.92 Å². The monoisotopic (exact) mass is 197 g/mol. The molecule has 1 aliphatic carbocycles. The molecule has 2 atom stereocenters. The first-order valence-electron chi connectivity index (χ1n) is 5.22. The first kappa shape index (κ1) is 9.49. The van der Waals surface area contributed by atoms with E-state index in [9.17, 15) is 9.59 Å². The number of amides is 1. The van der Waals surface area contributed by atoms with Crippen molar-refractivity contribution in [1.29, 1.82) is 0 Å². The summed E-state index contributed by atoms with van der Waals surface area (Å²) < 4.78 is 0. The van der Waals surface area contributed by atoms with Crippen molar-refractivity contribution in [2.75, 3.05) is 6.54 Å². The topological polar surface area (TPSA) is 57.6 Å². The van der Waals surface area contributed by atoms with Crippen LogP contribution in [0.2, 0.25) is 0 Å². The summed E-state index contributed by atoms with van der Waals surface area (Å²) in [5.41, 5.74) is 0. The van der Waals surface area contributed by atoms with Crippen LogP contribution in [0.15, 0.2) is 0 Å². The predicted octanol–water partition coefficient (Wildman–Crippen LogP) is 1.50. The minimum Gasteiger partial charge on any atom is -0.465 e. The van der Waals surface area contributed by atoms with Gasteiger partial charge in [0.25, 0.3) is 0 Å². The number of fused-ring (bicyclic) bond motifs is 1. The molecule has 0 bridgehead atoms. The molecule has 0 aromatic carbocycles. The van der Waals surface area contributed by atoms with Gasteiger partial charge in [0.05, 0.1) is 6.04 Å². The van der Waals surface area contributed by atoms with Crippen LogP contribution in [0.3, 0.4) is 0 Å². The second-order valence-corrected chi connectivity index (χ2v) is 4.18. The highest BCUT2D eigenvalue weighted by Gasteiger charge is 2.40. The number of carbonyl (C=O) groups excluding carboxylic acids is 1. The molecule has 1 aliphatic heterocycles. The number of Topliss-reactive ketones (excluding diaryl/α,β-unsaturated/α-hetero) is 1. The second kappa shape index (κ2) is 3.59. The summed E-state index contributed by atoms with van der Waals surface area (Å²) in [7, 11) is 0. The average Bonchev–Trinajstić information content (AvgIpc) is 2.17. The fourth-order valence-corrected chi connectivity index (χ4v) is 2.72. The van der Waals surface area contributed by atoms with Crippen LogP contribution in [0.1, 0.15) is 32.1 Å². The highest BCUT2D eigenvalue weighted by Crippen LogP contribution is 2.33. The summed E-state index contributed by atoms with van der Waals surface area (Å²) in [5.74, 6) is 0.421. The third-order valence-electron chi connectivity index (χ3n) is 3.33. The van der Waals surface area contributed by atoms with Gasteiger partial charge in [0.2, 0.25) is 0 Å². The van der Waals surface area contributed by atoms with Crippen LogP contribution in [-0.4, -0.2) is 34.5 Å². The highest BCUT2D eigenvalue weighted by molar-refractivity contribution is 5.88. The molecule has 2 aliphatic rings. The van der Waals surface area contributed by atoms with Gasteiger partial charge in [-0.15, -0.1) is 0 Å². The van der Waals surface area contributed by atoms with Gasteiger partial charge in [-0.05, 0) is 31.6 Å². The lowest BCUT2D eigenvalue weighted by Gasteiger charge is -2.41. The first-order chi connectivity index (χ1) is 6.70. The van der Waals surface area contributed by atoms with E-state index in [1.54, 1.807) is 0 Å². The summed E-state index contributed by atoms with van der Waals surface area (Å²) >= 11 is 0. The summed E-state index contributed by atoms with van der Waals surface area (Å²) in [5, 5.41) is 8.97. The van der Waals surface area contributed by atoms with Crippen LogP contribution < -0.4 is 0 Å². The SMILES string of the molecule is O=C1CCC[C@@H]2CCCN(C(=O)O)[C@H]12. The van der Waals surface area contributed by atoms with Crippen molar-refractivity contribution in [3.63, 3.8) is 0 Å². The molecule has 0 spiro atoms. The molecule has 14 heavy (non-hydrogen) atoms. The molecule has 2 rings (SSSR count). The Kier molecular flexibility index (Phi) is 2.44. The Hall–Kier alpha value is -1.06. The van der Waals surface area contributed by atoms with E-state index in [0.29, 0.717) is 18.9 Å². The van der Waals surface area contributed by atoms with Crippen LogP contribution in [0.4, 0.5) is 4.79 Å². The van der Waals surface area contributed by atoms with Gasteiger partial charge in [-0.2, -0.15) is 0 Å².